The fraction of sp³-hybridized carbons (Fsp3) is 0.316. The van der Waals surface area contributed by atoms with Gasteiger partial charge in [0.2, 0.25) is 0 Å². The molecule has 0 spiro atoms. The SMILES string of the molecule is O=C(COc1ccccc1F)N(Cc1ccccc1)C1CCS(=O)(=O)C1. The summed E-state index contributed by atoms with van der Waals surface area (Å²) in [6, 6.07) is 14.8. The van der Waals surface area contributed by atoms with Crippen molar-refractivity contribution in [2.24, 2.45) is 0 Å². The molecule has 0 N–H and O–H groups in total. The number of sulfone groups is 1. The van der Waals surface area contributed by atoms with Crippen LogP contribution in [0.3, 0.4) is 0 Å². The molecule has 0 radical (unpaired) electrons. The highest BCUT2D eigenvalue weighted by Gasteiger charge is 2.34. The highest BCUT2D eigenvalue weighted by Crippen LogP contribution is 2.21. The average Bonchev–Trinajstić information content (AvgIpc) is 2.99. The number of hydrogen-bond donors (Lipinski definition) is 0. The summed E-state index contributed by atoms with van der Waals surface area (Å²) in [5.74, 6) is -0.882. The maximum atomic E-state index is 13.7. The zero-order valence-corrected chi connectivity index (χ0v) is 15.0. The Bertz CT molecular complexity index is 870. The summed E-state index contributed by atoms with van der Waals surface area (Å²) in [6.07, 6.45) is 0.403. The minimum atomic E-state index is -3.13. The van der Waals surface area contributed by atoms with E-state index >= 15 is 0 Å². The third-order valence-corrected chi connectivity index (χ3v) is 6.10. The van der Waals surface area contributed by atoms with Crippen LogP contribution < -0.4 is 4.74 Å². The first-order valence-corrected chi connectivity index (χ1v) is 10.2. The molecule has 0 saturated carbocycles. The normalized spacial score (nSPS) is 18.4. The quantitative estimate of drug-likeness (QED) is 0.776. The number of carbonyl (C=O) groups excluding carboxylic acids is 1. The van der Waals surface area contributed by atoms with E-state index in [9.17, 15) is 17.6 Å². The van der Waals surface area contributed by atoms with Crippen LogP contribution in [0.15, 0.2) is 54.6 Å². The number of nitrogens with zero attached hydrogens (tertiary/aromatic N) is 1. The molecule has 26 heavy (non-hydrogen) atoms. The fourth-order valence-corrected chi connectivity index (χ4v) is 4.74. The summed E-state index contributed by atoms with van der Waals surface area (Å²) in [7, 11) is -3.13. The number of benzene rings is 2. The smallest absolute Gasteiger partial charge is 0.261 e. The Labute approximate surface area is 152 Å². The van der Waals surface area contributed by atoms with Crippen molar-refractivity contribution in [3.63, 3.8) is 0 Å². The molecule has 1 fully saturated rings. The number of carbonyl (C=O) groups is 1. The van der Waals surface area contributed by atoms with Crippen molar-refractivity contribution in [2.45, 2.75) is 19.0 Å². The van der Waals surface area contributed by atoms with Gasteiger partial charge in [-0.2, -0.15) is 0 Å². The van der Waals surface area contributed by atoms with E-state index in [-0.39, 0.29) is 29.8 Å². The van der Waals surface area contributed by atoms with Crippen molar-refractivity contribution in [1.29, 1.82) is 0 Å². The average molecular weight is 377 g/mol. The molecule has 1 atom stereocenters. The van der Waals surface area contributed by atoms with Crippen LogP contribution in [0.2, 0.25) is 0 Å². The summed E-state index contributed by atoms with van der Waals surface area (Å²) < 4.78 is 42.6. The summed E-state index contributed by atoms with van der Waals surface area (Å²) in [5.41, 5.74) is 0.899. The van der Waals surface area contributed by atoms with E-state index in [1.54, 1.807) is 6.07 Å². The summed E-state index contributed by atoms with van der Waals surface area (Å²) >= 11 is 0. The van der Waals surface area contributed by atoms with E-state index in [1.807, 2.05) is 30.3 Å². The fourth-order valence-electron chi connectivity index (χ4n) is 3.01. The first-order chi connectivity index (χ1) is 12.4. The lowest BCUT2D eigenvalue weighted by molar-refractivity contribution is -0.136. The Morgan fingerprint density at radius 3 is 2.46 bits per heavy atom. The van der Waals surface area contributed by atoms with Gasteiger partial charge in [-0.25, -0.2) is 12.8 Å². The second kappa shape index (κ2) is 7.86. The van der Waals surface area contributed by atoms with Crippen molar-refractivity contribution in [2.75, 3.05) is 18.1 Å². The Hall–Kier alpha value is -2.41. The van der Waals surface area contributed by atoms with Crippen LogP contribution in [0, 0.1) is 5.82 Å². The molecule has 1 unspecified atom stereocenters. The van der Waals surface area contributed by atoms with Gasteiger partial charge in [0.25, 0.3) is 5.91 Å². The number of hydrogen-bond acceptors (Lipinski definition) is 4. The Morgan fingerprint density at radius 1 is 1.12 bits per heavy atom. The lowest BCUT2D eigenvalue weighted by Crippen LogP contribution is -2.43. The Kier molecular flexibility index (Phi) is 5.56. The van der Waals surface area contributed by atoms with Gasteiger partial charge < -0.3 is 9.64 Å². The molecule has 2 aromatic rings. The van der Waals surface area contributed by atoms with E-state index in [4.69, 9.17) is 4.74 Å². The second-order valence-electron chi connectivity index (χ2n) is 6.28. The molecule has 1 saturated heterocycles. The van der Waals surface area contributed by atoms with Crippen LogP contribution in [-0.2, 0) is 21.2 Å². The van der Waals surface area contributed by atoms with E-state index in [1.165, 1.54) is 23.1 Å². The second-order valence-corrected chi connectivity index (χ2v) is 8.51. The minimum absolute atomic E-state index is 0.000412. The Balaban J connectivity index is 1.74. The maximum Gasteiger partial charge on any atom is 0.261 e. The Morgan fingerprint density at radius 2 is 1.81 bits per heavy atom. The third-order valence-electron chi connectivity index (χ3n) is 4.35. The van der Waals surface area contributed by atoms with Gasteiger partial charge in [-0.05, 0) is 24.1 Å². The van der Waals surface area contributed by atoms with Gasteiger partial charge in [-0.3, -0.25) is 4.79 Å². The molecule has 1 amide bonds. The zero-order valence-electron chi connectivity index (χ0n) is 14.2. The molecule has 0 bridgehead atoms. The predicted molar refractivity (Wildman–Crippen MR) is 95.9 cm³/mol. The monoisotopic (exact) mass is 377 g/mol. The molecule has 1 heterocycles. The van der Waals surface area contributed by atoms with Crippen LogP contribution in [0.25, 0.3) is 0 Å². The van der Waals surface area contributed by atoms with Crippen LogP contribution in [0.1, 0.15) is 12.0 Å². The van der Waals surface area contributed by atoms with Crippen molar-refractivity contribution >= 4 is 15.7 Å². The zero-order chi connectivity index (χ0) is 18.6. The van der Waals surface area contributed by atoms with Crippen LogP contribution in [0.4, 0.5) is 4.39 Å². The molecular weight excluding hydrogens is 357 g/mol. The highest BCUT2D eigenvalue weighted by atomic mass is 32.2. The van der Waals surface area contributed by atoms with Crippen molar-refractivity contribution in [3.05, 3.63) is 66.0 Å². The van der Waals surface area contributed by atoms with Gasteiger partial charge in [0.15, 0.2) is 28.0 Å². The first-order valence-electron chi connectivity index (χ1n) is 8.36. The molecule has 138 valence electrons. The maximum absolute atomic E-state index is 13.7. The van der Waals surface area contributed by atoms with Gasteiger partial charge >= 0.3 is 0 Å². The molecule has 2 aromatic carbocycles. The van der Waals surface area contributed by atoms with E-state index in [2.05, 4.69) is 0 Å². The van der Waals surface area contributed by atoms with Crippen molar-refractivity contribution < 1.29 is 22.3 Å². The molecule has 1 aliphatic heterocycles. The van der Waals surface area contributed by atoms with Gasteiger partial charge in [-0.1, -0.05) is 42.5 Å². The van der Waals surface area contributed by atoms with E-state index in [0.717, 1.165) is 5.56 Å². The lowest BCUT2D eigenvalue weighted by Gasteiger charge is -2.28. The summed E-state index contributed by atoms with van der Waals surface area (Å²) in [4.78, 5) is 14.2. The van der Waals surface area contributed by atoms with Crippen LogP contribution >= 0.6 is 0 Å². The molecule has 3 rings (SSSR count). The largest absolute Gasteiger partial charge is 0.481 e. The standard InChI is InChI=1S/C19H20FNO4S/c20-17-8-4-5-9-18(17)25-13-19(22)21(12-15-6-2-1-3-7-15)16-10-11-26(23,24)14-16/h1-9,16H,10-14H2. The first kappa shape index (κ1) is 18.4. The van der Waals surface area contributed by atoms with E-state index < -0.39 is 21.7 Å². The number of halogens is 1. The van der Waals surface area contributed by atoms with Gasteiger partial charge in [-0.15, -0.1) is 0 Å². The number of para-hydroxylation sites is 1. The topological polar surface area (TPSA) is 63.7 Å². The summed E-state index contributed by atoms with van der Waals surface area (Å²) in [5, 5.41) is 0. The van der Waals surface area contributed by atoms with Crippen LogP contribution in [-0.4, -0.2) is 43.4 Å². The molecule has 0 aliphatic carbocycles. The van der Waals surface area contributed by atoms with Gasteiger partial charge in [0.05, 0.1) is 11.5 Å². The summed E-state index contributed by atoms with van der Waals surface area (Å²) in [6.45, 7) is -0.0508. The van der Waals surface area contributed by atoms with Gasteiger partial charge in [0.1, 0.15) is 0 Å². The minimum Gasteiger partial charge on any atom is -0.481 e. The third kappa shape index (κ3) is 4.60. The number of rotatable bonds is 6. The molecule has 5 nitrogen and oxygen atoms in total. The van der Waals surface area contributed by atoms with E-state index in [0.29, 0.717) is 13.0 Å². The van der Waals surface area contributed by atoms with Gasteiger partial charge in [0, 0.05) is 12.6 Å². The van der Waals surface area contributed by atoms with Crippen LogP contribution in [0.5, 0.6) is 5.75 Å². The molecule has 1 aliphatic rings. The molecule has 0 aromatic heterocycles. The lowest BCUT2D eigenvalue weighted by atomic mass is 10.1. The molecular formula is C19H20FNO4S. The van der Waals surface area contributed by atoms with Crippen molar-refractivity contribution in [3.8, 4) is 5.75 Å². The molecule has 7 heteroatoms. The number of ether oxygens (including phenoxy) is 1. The number of amides is 1. The predicted octanol–water partition coefficient (Wildman–Crippen LogP) is 2.42. The van der Waals surface area contributed by atoms with Crippen molar-refractivity contribution in [1.82, 2.24) is 4.90 Å². The highest BCUT2D eigenvalue weighted by molar-refractivity contribution is 7.91.